The van der Waals surface area contributed by atoms with E-state index in [4.69, 9.17) is 5.14 Å². The Labute approximate surface area is 146 Å². The van der Waals surface area contributed by atoms with Gasteiger partial charge < -0.3 is 4.90 Å². The number of aromatic amines is 1. The molecule has 0 atom stereocenters. The Morgan fingerprint density at radius 1 is 1.25 bits per heavy atom. The fourth-order valence-electron chi connectivity index (χ4n) is 2.92. The third kappa shape index (κ3) is 4.23. The van der Waals surface area contributed by atoms with Gasteiger partial charge in [-0.05, 0) is 24.8 Å². The molecule has 0 aliphatic carbocycles. The number of fused-ring (bicyclic) bond motifs is 1. The lowest BCUT2D eigenvalue weighted by Crippen LogP contribution is -2.41. The maximum absolute atomic E-state index is 11.8. The molecule has 0 bridgehead atoms. The highest BCUT2D eigenvalue weighted by atomic mass is 35.5. The van der Waals surface area contributed by atoms with Crippen molar-refractivity contribution in [2.75, 3.05) is 24.5 Å². The molecule has 1 aliphatic rings. The number of halogens is 1. The number of benzene rings is 1. The summed E-state index contributed by atoms with van der Waals surface area (Å²) >= 11 is 0. The van der Waals surface area contributed by atoms with E-state index in [2.05, 4.69) is 19.8 Å². The molecule has 24 heavy (non-hydrogen) atoms. The second kappa shape index (κ2) is 7.47. The molecular weight excluding hydrogens is 354 g/mol. The molecule has 10 heteroatoms. The molecule has 0 unspecified atom stereocenters. The molecule has 1 aliphatic heterocycles. The minimum Gasteiger partial charge on any atom is -0.355 e. The van der Waals surface area contributed by atoms with Gasteiger partial charge in [0.25, 0.3) is 15.8 Å². The fourth-order valence-corrected chi connectivity index (χ4v) is 3.39. The summed E-state index contributed by atoms with van der Waals surface area (Å²) in [6.45, 7) is 1.85. The van der Waals surface area contributed by atoms with Crippen molar-refractivity contribution in [1.82, 2.24) is 14.9 Å². The Morgan fingerprint density at radius 3 is 2.50 bits per heavy atom. The van der Waals surface area contributed by atoms with E-state index in [-0.39, 0.29) is 23.9 Å². The number of aromatic nitrogens is 2. The zero-order valence-corrected chi connectivity index (χ0v) is 14.6. The van der Waals surface area contributed by atoms with Crippen LogP contribution in [0.4, 0.5) is 5.82 Å². The summed E-state index contributed by atoms with van der Waals surface area (Å²) in [4.78, 5) is 13.9. The number of hydrogen-bond acceptors (Lipinski definition) is 5. The molecule has 0 radical (unpaired) electrons. The number of rotatable bonds is 4. The highest BCUT2D eigenvalue weighted by Crippen LogP contribution is 2.26. The number of anilines is 1. The number of nitrogens with zero attached hydrogens (tertiary/aromatic N) is 2. The van der Waals surface area contributed by atoms with Crippen LogP contribution in [0, 0.1) is 5.92 Å². The molecule has 2 aromatic rings. The molecule has 3 rings (SSSR count). The minimum atomic E-state index is -3.64. The van der Waals surface area contributed by atoms with Gasteiger partial charge >= 0.3 is 0 Å². The van der Waals surface area contributed by atoms with Gasteiger partial charge in [0.1, 0.15) is 0 Å². The maximum Gasteiger partial charge on any atom is 0.274 e. The molecule has 0 saturated carbocycles. The molecule has 1 aromatic carbocycles. The maximum atomic E-state index is 11.8. The highest BCUT2D eigenvalue weighted by Gasteiger charge is 2.22. The van der Waals surface area contributed by atoms with E-state index in [1.54, 1.807) is 6.07 Å². The van der Waals surface area contributed by atoms with Crippen LogP contribution < -0.4 is 20.3 Å². The molecule has 1 aromatic heterocycles. The van der Waals surface area contributed by atoms with Crippen molar-refractivity contribution in [3.8, 4) is 0 Å². The average Bonchev–Trinajstić information content (AvgIpc) is 2.54. The van der Waals surface area contributed by atoms with Crippen molar-refractivity contribution in [1.29, 1.82) is 0 Å². The predicted octanol–water partition coefficient (Wildman–Crippen LogP) is 0.354. The zero-order chi connectivity index (χ0) is 16.4. The third-order valence-electron chi connectivity index (χ3n) is 4.16. The van der Waals surface area contributed by atoms with Crippen LogP contribution in [0.25, 0.3) is 10.8 Å². The van der Waals surface area contributed by atoms with Gasteiger partial charge in [-0.1, -0.05) is 18.2 Å². The Bertz CT molecular complexity index is 862. The van der Waals surface area contributed by atoms with Crippen LogP contribution in [0.3, 0.4) is 0 Å². The molecule has 1 saturated heterocycles. The molecule has 8 nitrogen and oxygen atoms in total. The zero-order valence-electron chi connectivity index (χ0n) is 12.9. The average molecular weight is 374 g/mol. The number of hydrogen-bond donors (Lipinski definition) is 3. The molecule has 0 amide bonds. The lowest BCUT2D eigenvalue weighted by molar-refractivity contribution is 0.400. The second-order valence-electron chi connectivity index (χ2n) is 5.75. The van der Waals surface area contributed by atoms with Gasteiger partial charge in [0.2, 0.25) is 0 Å². The minimum absolute atomic E-state index is 0. The lowest BCUT2D eigenvalue weighted by Gasteiger charge is -2.33. The Kier molecular flexibility index (Phi) is 5.81. The number of nitrogens with one attached hydrogen (secondary N) is 2. The van der Waals surface area contributed by atoms with Crippen molar-refractivity contribution in [2.45, 2.75) is 12.8 Å². The monoisotopic (exact) mass is 373 g/mol. The van der Waals surface area contributed by atoms with Gasteiger partial charge in [0.05, 0.1) is 5.39 Å². The summed E-state index contributed by atoms with van der Waals surface area (Å²) in [6, 6.07) is 7.38. The molecule has 132 valence electrons. The van der Waals surface area contributed by atoms with E-state index in [1.807, 2.05) is 18.2 Å². The first-order valence-electron chi connectivity index (χ1n) is 7.44. The quantitative estimate of drug-likeness (QED) is 0.714. The Balaban J connectivity index is 0.00000208. The normalized spacial score (nSPS) is 16.1. The summed E-state index contributed by atoms with van der Waals surface area (Å²) < 4.78 is 24.3. The van der Waals surface area contributed by atoms with E-state index in [1.165, 1.54) is 0 Å². The number of H-pyrrole nitrogens is 1. The van der Waals surface area contributed by atoms with Gasteiger partial charge in [0.15, 0.2) is 5.82 Å². The summed E-state index contributed by atoms with van der Waals surface area (Å²) in [5.41, 5.74) is -0.198. The molecule has 4 N–H and O–H groups in total. The van der Waals surface area contributed by atoms with Crippen LogP contribution in [0.2, 0.25) is 0 Å². The number of nitrogens with two attached hydrogens (primary N) is 1. The van der Waals surface area contributed by atoms with E-state index < -0.39 is 10.2 Å². The largest absolute Gasteiger partial charge is 0.355 e. The molecule has 0 spiro atoms. The van der Waals surface area contributed by atoms with Crippen LogP contribution in [-0.4, -0.2) is 38.2 Å². The first kappa shape index (κ1) is 18.7. The van der Waals surface area contributed by atoms with E-state index >= 15 is 0 Å². The van der Waals surface area contributed by atoms with Crippen LogP contribution in [-0.2, 0) is 10.2 Å². The summed E-state index contributed by atoms with van der Waals surface area (Å²) in [5, 5.41) is 13.1. The standard InChI is InChI=1S/C14H19N5O3S.ClH/c15-23(21,22)16-9-10-5-7-19(8-6-10)13-11-3-1-2-4-12(11)14(20)18-17-13;/h1-4,10,16H,5-9H2,(H,18,20)(H2,15,21,22);1H. The van der Waals surface area contributed by atoms with E-state index in [9.17, 15) is 13.2 Å². The second-order valence-corrected chi connectivity index (χ2v) is 7.12. The summed E-state index contributed by atoms with van der Waals surface area (Å²) in [7, 11) is -3.64. The first-order valence-corrected chi connectivity index (χ1v) is 8.98. The predicted molar refractivity (Wildman–Crippen MR) is 95.7 cm³/mol. The van der Waals surface area contributed by atoms with Gasteiger partial charge in [-0.2, -0.15) is 13.5 Å². The van der Waals surface area contributed by atoms with Crippen molar-refractivity contribution >= 4 is 39.2 Å². The van der Waals surface area contributed by atoms with Gasteiger partial charge in [-0.15, -0.1) is 12.4 Å². The van der Waals surface area contributed by atoms with E-state index in [0.29, 0.717) is 11.9 Å². The van der Waals surface area contributed by atoms with Gasteiger partial charge in [-0.3, -0.25) is 4.79 Å². The molecule has 1 fully saturated rings. The Hall–Kier alpha value is -1.68. The summed E-state index contributed by atoms with van der Waals surface area (Å²) in [5.74, 6) is 1.01. The van der Waals surface area contributed by atoms with E-state index in [0.717, 1.165) is 37.1 Å². The third-order valence-corrected chi connectivity index (χ3v) is 4.73. The van der Waals surface area contributed by atoms with Crippen LogP contribution in [0.1, 0.15) is 12.8 Å². The molecule has 2 heterocycles. The summed E-state index contributed by atoms with van der Waals surface area (Å²) in [6.07, 6.45) is 1.66. The van der Waals surface area contributed by atoms with Crippen LogP contribution in [0.5, 0.6) is 0 Å². The van der Waals surface area contributed by atoms with Crippen LogP contribution in [0.15, 0.2) is 29.1 Å². The van der Waals surface area contributed by atoms with Gasteiger partial charge in [-0.25, -0.2) is 15.0 Å². The smallest absolute Gasteiger partial charge is 0.274 e. The highest BCUT2D eigenvalue weighted by molar-refractivity contribution is 7.87. The van der Waals surface area contributed by atoms with Crippen molar-refractivity contribution < 1.29 is 8.42 Å². The SMILES string of the molecule is Cl.NS(=O)(=O)NCC1CCN(c2n[nH]c(=O)c3ccccc23)CC1. The van der Waals surface area contributed by atoms with Gasteiger partial charge in [0, 0.05) is 25.0 Å². The van der Waals surface area contributed by atoms with Crippen molar-refractivity contribution in [2.24, 2.45) is 11.1 Å². The topological polar surface area (TPSA) is 121 Å². The number of piperidine rings is 1. The first-order chi connectivity index (χ1) is 10.9. The Morgan fingerprint density at radius 2 is 1.88 bits per heavy atom. The lowest BCUT2D eigenvalue weighted by atomic mass is 9.97. The van der Waals surface area contributed by atoms with Crippen molar-refractivity contribution in [3.05, 3.63) is 34.6 Å². The molecular formula is C14H20ClN5O3S. The fraction of sp³-hybridized carbons (Fsp3) is 0.429. The van der Waals surface area contributed by atoms with Crippen LogP contribution >= 0.6 is 12.4 Å². The van der Waals surface area contributed by atoms with Crippen molar-refractivity contribution in [3.63, 3.8) is 0 Å².